The summed E-state index contributed by atoms with van der Waals surface area (Å²) in [5.74, 6) is 1.74. The molecule has 0 amide bonds. The van der Waals surface area contributed by atoms with Crippen LogP contribution in [0.15, 0.2) is 41.3 Å². The Morgan fingerprint density at radius 3 is 3.06 bits per heavy atom. The molecule has 0 aliphatic heterocycles. The van der Waals surface area contributed by atoms with Crippen molar-refractivity contribution in [1.29, 1.82) is 0 Å². The average Bonchev–Trinajstić information content (AvgIpc) is 3.04. The Bertz CT molecular complexity index is 596. The number of hydrogen-bond acceptors (Lipinski definition) is 4. The highest BCUT2D eigenvalue weighted by molar-refractivity contribution is 5.74. The highest BCUT2D eigenvalue weighted by Crippen LogP contribution is 2.15. The van der Waals surface area contributed by atoms with Gasteiger partial charge in [-0.3, -0.25) is 0 Å². The molecule has 0 bridgehead atoms. The maximum absolute atomic E-state index is 5.17. The van der Waals surface area contributed by atoms with Crippen molar-refractivity contribution in [2.24, 2.45) is 0 Å². The van der Waals surface area contributed by atoms with Crippen LogP contribution in [0, 0.1) is 0 Å². The monoisotopic (exact) mass is 242 g/mol. The normalized spacial score (nSPS) is 12.9. The van der Waals surface area contributed by atoms with Crippen molar-refractivity contribution in [3.8, 4) is 0 Å². The van der Waals surface area contributed by atoms with Gasteiger partial charge >= 0.3 is 0 Å². The lowest BCUT2D eigenvalue weighted by atomic mass is 10.3. The molecule has 0 aliphatic carbocycles. The number of hydrogen-bond donors (Lipinski definition) is 2. The van der Waals surface area contributed by atoms with Crippen LogP contribution >= 0.6 is 0 Å². The van der Waals surface area contributed by atoms with Gasteiger partial charge in [-0.1, -0.05) is 12.1 Å². The maximum Gasteiger partial charge on any atom is 0.180 e. The molecule has 3 aromatic rings. The minimum absolute atomic E-state index is 0.127. The van der Waals surface area contributed by atoms with E-state index < -0.39 is 0 Å². The van der Waals surface area contributed by atoms with E-state index in [1.54, 1.807) is 6.20 Å². The molecule has 5 nitrogen and oxygen atoms in total. The fourth-order valence-corrected chi connectivity index (χ4v) is 1.86. The minimum atomic E-state index is 0.127. The second-order valence-electron chi connectivity index (χ2n) is 4.21. The topological polar surface area (TPSA) is 66.7 Å². The minimum Gasteiger partial charge on any atom is -0.447 e. The maximum atomic E-state index is 5.17. The second-order valence-corrected chi connectivity index (χ2v) is 4.21. The van der Waals surface area contributed by atoms with Gasteiger partial charge in [-0.15, -0.1) is 0 Å². The Kier molecular flexibility index (Phi) is 2.82. The molecule has 18 heavy (non-hydrogen) atoms. The first kappa shape index (κ1) is 11.0. The fourth-order valence-electron chi connectivity index (χ4n) is 1.86. The molecule has 0 saturated heterocycles. The molecule has 0 fully saturated rings. The second kappa shape index (κ2) is 4.62. The zero-order valence-corrected chi connectivity index (χ0v) is 10.1. The molecule has 0 aliphatic rings. The number of benzene rings is 1. The number of nitrogens with one attached hydrogen (secondary N) is 2. The SMILES string of the molecule is CC(NCc1cnco1)c1nc2ccccc2[nH]1. The molecule has 2 heterocycles. The van der Waals surface area contributed by atoms with Gasteiger partial charge in [0, 0.05) is 0 Å². The predicted octanol–water partition coefficient (Wildman–Crippen LogP) is 2.40. The van der Waals surface area contributed by atoms with Gasteiger partial charge in [-0.05, 0) is 19.1 Å². The summed E-state index contributed by atoms with van der Waals surface area (Å²) in [4.78, 5) is 11.7. The summed E-state index contributed by atoms with van der Waals surface area (Å²) >= 11 is 0. The van der Waals surface area contributed by atoms with Gasteiger partial charge in [0.15, 0.2) is 6.39 Å². The molecule has 2 aromatic heterocycles. The first-order valence-corrected chi connectivity index (χ1v) is 5.88. The highest BCUT2D eigenvalue weighted by Gasteiger charge is 2.10. The molecule has 1 aromatic carbocycles. The number of para-hydroxylation sites is 2. The summed E-state index contributed by atoms with van der Waals surface area (Å²) in [6.07, 6.45) is 3.14. The van der Waals surface area contributed by atoms with E-state index in [1.165, 1.54) is 6.39 Å². The van der Waals surface area contributed by atoms with E-state index in [2.05, 4.69) is 27.2 Å². The van der Waals surface area contributed by atoms with Crippen LogP contribution in [-0.4, -0.2) is 15.0 Å². The summed E-state index contributed by atoms with van der Waals surface area (Å²) in [7, 11) is 0. The van der Waals surface area contributed by atoms with Crippen LogP contribution in [0.1, 0.15) is 24.6 Å². The number of fused-ring (bicyclic) bond motifs is 1. The van der Waals surface area contributed by atoms with Crippen LogP contribution < -0.4 is 5.32 Å². The van der Waals surface area contributed by atoms with Crippen LogP contribution in [0.5, 0.6) is 0 Å². The van der Waals surface area contributed by atoms with E-state index in [1.807, 2.05) is 24.3 Å². The molecular weight excluding hydrogens is 228 g/mol. The number of oxazole rings is 1. The molecule has 0 saturated carbocycles. The van der Waals surface area contributed by atoms with Gasteiger partial charge in [-0.2, -0.15) is 0 Å². The average molecular weight is 242 g/mol. The molecule has 0 radical (unpaired) electrons. The van der Waals surface area contributed by atoms with Crippen molar-refractivity contribution in [3.05, 3.63) is 48.4 Å². The van der Waals surface area contributed by atoms with E-state index in [0.717, 1.165) is 22.6 Å². The lowest BCUT2D eigenvalue weighted by Crippen LogP contribution is -2.18. The predicted molar refractivity (Wildman–Crippen MR) is 67.9 cm³/mol. The number of aromatic amines is 1. The van der Waals surface area contributed by atoms with E-state index in [9.17, 15) is 0 Å². The summed E-state index contributed by atoms with van der Waals surface area (Å²) in [6, 6.07) is 8.13. The molecule has 92 valence electrons. The van der Waals surface area contributed by atoms with Gasteiger partial charge in [0.05, 0.1) is 29.8 Å². The zero-order valence-electron chi connectivity index (χ0n) is 10.1. The smallest absolute Gasteiger partial charge is 0.180 e. The Hall–Kier alpha value is -2.14. The summed E-state index contributed by atoms with van der Waals surface area (Å²) < 4.78 is 5.17. The molecule has 1 unspecified atom stereocenters. The van der Waals surface area contributed by atoms with Crippen LogP contribution in [-0.2, 0) is 6.54 Å². The Morgan fingerprint density at radius 1 is 1.39 bits per heavy atom. The standard InChI is InChI=1S/C13H14N4O/c1-9(15-7-10-6-14-8-18-10)13-16-11-4-2-3-5-12(11)17-13/h2-6,8-9,15H,7H2,1H3,(H,16,17). The van der Waals surface area contributed by atoms with Crippen molar-refractivity contribution >= 4 is 11.0 Å². The summed E-state index contributed by atoms with van der Waals surface area (Å²) in [5.41, 5.74) is 2.04. The Balaban J connectivity index is 1.73. The first-order valence-electron chi connectivity index (χ1n) is 5.88. The number of nitrogens with zero attached hydrogens (tertiary/aromatic N) is 2. The van der Waals surface area contributed by atoms with Crippen molar-refractivity contribution in [2.45, 2.75) is 19.5 Å². The molecular formula is C13H14N4O. The van der Waals surface area contributed by atoms with Gasteiger partial charge in [0.25, 0.3) is 0 Å². The van der Waals surface area contributed by atoms with Crippen LogP contribution in [0.3, 0.4) is 0 Å². The highest BCUT2D eigenvalue weighted by atomic mass is 16.3. The van der Waals surface area contributed by atoms with Crippen LogP contribution in [0.4, 0.5) is 0 Å². The third-order valence-corrected chi connectivity index (χ3v) is 2.88. The Morgan fingerprint density at radius 2 is 2.28 bits per heavy atom. The number of imidazole rings is 1. The van der Waals surface area contributed by atoms with Gasteiger partial charge in [0.1, 0.15) is 11.6 Å². The van der Waals surface area contributed by atoms with Crippen molar-refractivity contribution < 1.29 is 4.42 Å². The number of H-pyrrole nitrogens is 1. The van der Waals surface area contributed by atoms with Gasteiger partial charge in [-0.25, -0.2) is 9.97 Å². The van der Waals surface area contributed by atoms with Gasteiger partial charge < -0.3 is 14.7 Å². The molecule has 1 atom stereocenters. The molecule has 3 rings (SSSR count). The third kappa shape index (κ3) is 2.12. The number of aromatic nitrogens is 3. The molecule has 0 spiro atoms. The number of rotatable bonds is 4. The van der Waals surface area contributed by atoms with E-state index in [4.69, 9.17) is 4.42 Å². The van der Waals surface area contributed by atoms with E-state index >= 15 is 0 Å². The zero-order chi connectivity index (χ0) is 12.4. The lowest BCUT2D eigenvalue weighted by molar-refractivity contribution is 0.452. The largest absolute Gasteiger partial charge is 0.447 e. The lowest BCUT2D eigenvalue weighted by Gasteiger charge is -2.09. The van der Waals surface area contributed by atoms with Crippen molar-refractivity contribution in [1.82, 2.24) is 20.3 Å². The van der Waals surface area contributed by atoms with E-state index in [0.29, 0.717) is 6.54 Å². The van der Waals surface area contributed by atoms with Crippen LogP contribution in [0.25, 0.3) is 11.0 Å². The Labute approximate surface area is 104 Å². The quantitative estimate of drug-likeness (QED) is 0.737. The van der Waals surface area contributed by atoms with Gasteiger partial charge in [0.2, 0.25) is 0 Å². The fraction of sp³-hybridized carbons (Fsp3) is 0.231. The van der Waals surface area contributed by atoms with Crippen LogP contribution in [0.2, 0.25) is 0 Å². The van der Waals surface area contributed by atoms with Crippen molar-refractivity contribution in [3.63, 3.8) is 0 Å². The summed E-state index contributed by atoms with van der Waals surface area (Å²) in [6.45, 7) is 2.70. The molecule has 5 heteroatoms. The first-order chi connectivity index (χ1) is 8.83. The van der Waals surface area contributed by atoms with Crippen molar-refractivity contribution in [2.75, 3.05) is 0 Å². The molecule has 2 N–H and O–H groups in total. The summed E-state index contributed by atoms with van der Waals surface area (Å²) in [5, 5.41) is 3.33. The third-order valence-electron chi connectivity index (χ3n) is 2.88. The van der Waals surface area contributed by atoms with E-state index in [-0.39, 0.29) is 6.04 Å².